The van der Waals surface area contributed by atoms with Gasteiger partial charge in [-0.15, -0.1) is 0 Å². The maximum atomic E-state index is 12.4. The predicted molar refractivity (Wildman–Crippen MR) is 65.4 cm³/mol. The lowest BCUT2D eigenvalue weighted by Gasteiger charge is -2.28. The fourth-order valence-corrected chi connectivity index (χ4v) is 3.92. The number of ketones is 2. The van der Waals surface area contributed by atoms with Crippen molar-refractivity contribution in [1.82, 2.24) is 0 Å². The van der Waals surface area contributed by atoms with Gasteiger partial charge in [-0.3, -0.25) is 9.59 Å². The fraction of sp³-hybridized carbons (Fsp3) is 0.733. The molecule has 2 nitrogen and oxygen atoms in total. The van der Waals surface area contributed by atoms with Crippen molar-refractivity contribution in [2.24, 2.45) is 28.6 Å². The van der Waals surface area contributed by atoms with E-state index in [0.717, 1.165) is 12.8 Å². The summed E-state index contributed by atoms with van der Waals surface area (Å²) in [5.41, 5.74) is 1.02. The lowest BCUT2D eigenvalue weighted by molar-refractivity contribution is -0.129. The van der Waals surface area contributed by atoms with Crippen LogP contribution in [0.5, 0.6) is 0 Å². The molecule has 0 saturated heterocycles. The van der Waals surface area contributed by atoms with E-state index in [2.05, 4.69) is 6.92 Å². The molecule has 2 fully saturated rings. The minimum Gasteiger partial charge on any atom is -0.299 e. The Morgan fingerprint density at radius 2 is 1.82 bits per heavy atom. The normalized spacial score (nSPS) is 47.1. The van der Waals surface area contributed by atoms with Gasteiger partial charge in [0.1, 0.15) is 5.78 Å². The van der Waals surface area contributed by atoms with Crippen LogP contribution in [0.1, 0.15) is 40.5 Å². The van der Waals surface area contributed by atoms with Crippen LogP contribution in [-0.2, 0) is 9.59 Å². The van der Waals surface area contributed by atoms with Gasteiger partial charge in [0.15, 0.2) is 5.78 Å². The minimum absolute atomic E-state index is 0.00986. The first kappa shape index (κ1) is 11.2. The van der Waals surface area contributed by atoms with Crippen molar-refractivity contribution in [3.8, 4) is 0 Å². The van der Waals surface area contributed by atoms with E-state index in [4.69, 9.17) is 0 Å². The molecular weight excluding hydrogens is 212 g/mol. The highest BCUT2D eigenvalue weighted by atomic mass is 16.1. The van der Waals surface area contributed by atoms with Gasteiger partial charge in [-0.2, -0.15) is 0 Å². The highest BCUT2D eigenvalue weighted by molar-refractivity contribution is 5.98. The Kier molecular flexibility index (Phi) is 1.91. The van der Waals surface area contributed by atoms with Crippen LogP contribution in [0.3, 0.4) is 0 Å². The monoisotopic (exact) mass is 232 g/mol. The molecule has 0 heterocycles. The van der Waals surface area contributed by atoms with Gasteiger partial charge in [0.25, 0.3) is 0 Å². The van der Waals surface area contributed by atoms with E-state index in [9.17, 15) is 9.59 Å². The number of fused-ring (bicyclic) bond motifs is 3. The summed E-state index contributed by atoms with van der Waals surface area (Å²) >= 11 is 0. The molecule has 3 aliphatic carbocycles. The van der Waals surface area contributed by atoms with Crippen LogP contribution >= 0.6 is 0 Å². The molecule has 2 heteroatoms. The number of hydrogen-bond acceptors (Lipinski definition) is 2. The van der Waals surface area contributed by atoms with E-state index in [1.807, 2.05) is 26.8 Å². The van der Waals surface area contributed by atoms with Crippen molar-refractivity contribution in [2.45, 2.75) is 40.5 Å². The van der Waals surface area contributed by atoms with Crippen LogP contribution in [0.15, 0.2) is 11.6 Å². The van der Waals surface area contributed by atoms with Crippen LogP contribution in [-0.4, -0.2) is 11.6 Å². The van der Waals surface area contributed by atoms with Gasteiger partial charge in [0.2, 0.25) is 0 Å². The van der Waals surface area contributed by atoms with E-state index in [1.165, 1.54) is 5.57 Å². The van der Waals surface area contributed by atoms with Crippen molar-refractivity contribution < 1.29 is 9.59 Å². The molecule has 17 heavy (non-hydrogen) atoms. The average molecular weight is 232 g/mol. The summed E-state index contributed by atoms with van der Waals surface area (Å²) in [4.78, 5) is 24.3. The highest BCUT2D eigenvalue weighted by Crippen LogP contribution is 2.66. The van der Waals surface area contributed by atoms with Gasteiger partial charge in [-0.1, -0.05) is 33.3 Å². The molecule has 0 aromatic carbocycles. The van der Waals surface area contributed by atoms with E-state index < -0.39 is 0 Å². The number of carbonyl (C=O) groups excluding carboxylic acids is 2. The summed E-state index contributed by atoms with van der Waals surface area (Å²) in [7, 11) is 0. The highest BCUT2D eigenvalue weighted by Gasteiger charge is 2.64. The van der Waals surface area contributed by atoms with E-state index >= 15 is 0 Å². The molecule has 0 N–H and O–H groups in total. The second-order valence-corrected chi connectivity index (χ2v) is 7.02. The van der Waals surface area contributed by atoms with Gasteiger partial charge in [-0.25, -0.2) is 0 Å². The maximum absolute atomic E-state index is 12.4. The molecule has 2 saturated carbocycles. The van der Waals surface area contributed by atoms with Crippen molar-refractivity contribution in [3.63, 3.8) is 0 Å². The number of hydrogen-bond donors (Lipinski definition) is 0. The van der Waals surface area contributed by atoms with Gasteiger partial charge in [0, 0.05) is 17.3 Å². The third-order valence-corrected chi connectivity index (χ3v) is 5.36. The first-order chi connectivity index (χ1) is 7.77. The maximum Gasteiger partial charge on any atom is 0.159 e. The molecule has 0 aromatic heterocycles. The van der Waals surface area contributed by atoms with E-state index in [-0.39, 0.29) is 28.4 Å². The standard InChI is InChI=1S/C15H20O2/c1-8-9-6-14(2,3)13(17)11-7-15(11,4)10(9)5-12(8)16/h5,8-9,11H,6-7H2,1-4H3. The average Bonchev–Trinajstić information content (AvgIpc) is 2.86. The van der Waals surface area contributed by atoms with Gasteiger partial charge >= 0.3 is 0 Å². The number of rotatable bonds is 0. The van der Waals surface area contributed by atoms with Crippen molar-refractivity contribution in [3.05, 3.63) is 11.6 Å². The first-order valence-electron chi connectivity index (χ1n) is 6.57. The fourth-order valence-electron chi connectivity index (χ4n) is 3.92. The smallest absolute Gasteiger partial charge is 0.159 e. The summed E-state index contributed by atoms with van der Waals surface area (Å²) < 4.78 is 0. The Morgan fingerprint density at radius 1 is 1.18 bits per heavy atom. The molecule has 0 spiro atoms. The first-order valence-corrected chi connectivity index (χ1v) is 6.57. The van der Waals surface area contributed by atoms with Crippen LogP contribution in [0, 0.1) is 28.6 Å². The molecule has 0 aliphatic heterocycles. The molecule has 0 amide bonds. The van der Waals surface area contributed by atoms with Crippen LogP contribution in [0.25, 0.3) is 0 Å². The Hall–Kier alpha value is -0.920. The van der Waals surface area contributed by atoms with Gasteiger partial charge in [-0.05, 0) is 30.3 Å². The Bertz CT molecular complexity index is 458. The molecular formula is C15H20O2. The molecule has 3 aliphatic rings. The summed E-state index contributed by atoms with van der Waals surface area (Å²) in [6.45, 7) is 8.28. The molecule has 92 valence electrons. The van der Waals surface area contributed by atoms with Gasteiger partial charge < -0.3 is 0 Å². The zero-order valence-corrected chi connectivity index (χ0v) is 11.0. The largest absolute Gasteiger partial charge is 0.299 e. The summed E-state index contributed by atoms with van der Waals surface area (Å²) in [5, 5.41) is 0. The quantitative estimate of drug-likeness (QED) is 0.643. The molecule has 4 atom stereocenters. The summed E-state index contributed by atoms with van der Waals surface area (Å²) in [5.74, 6) is 1.23. The summed E-state index contributed by atoms with van der Waals surface area (Å²) in [6, 6.07) is 0. The van der Waals surface area contributed by atoms with Crippen LogP contribution in [0.2, 0.25) is 0 Å². The van der Waals surface area contributed by atoms with Crippen LogP contribution < -0.4 is 0 Å². The van der Waals surface area contributed by atoms with Crippen LogP contribution in [0.4, 0.5) is 0 Å². The third kappa shape index (κ3) is 1.27. The lowest BCUT2D eigenvalue weighted by atomic mass is 9.75. The zero-order chi connectivity index (χ0) is 12.6. The zero-order valence-electron chi connectivity index (χ0n) is 11.0. The van der Waals surface area contributed by atoms with Crippen molar-refractivity contribution in [1.29, 1.82) is 0 Å². The number of Topliss-reactive ketones (excluding diaryl/α,β-unsaturated/α-hetero) is 1. The second kappa shape index (κ2) is 2.90. The third-order valence-electron chi connectivity index (χ3n) is 5.36. The van der Waals surface area contributed by atoms with E-state index in [0.29, 0.717) is 11.7 Å². The van der Waals surface area contributed by atoms with Crippen molar-refractivity contribution >= 4 is 11.6 Å². The molecule has 0 aromatic rings. The minimum atomic E-state index is -0.262. The molecule has 4 unspecified atom stereocenters. The number of allylic oxidation sites excluding steroid dienone is 2. The van der Waals surface area contributed by atoms with Crippen molar-refractivity contribution in [2.75, 3.05) is 0 Å². The molecule has 0 radical (unpaired) electrons. The molecule has 0 bridgehead atoms. The topological polar surface area (TPSA) is 34.1 Å². The number of carbonyl (C=O) groups is 2. The van der Waals surface area contributed by atoms with Gasteiger partial charge in [0.05, 0.1) is 0 Å². The Morgan fingerprint density at radius 3 is 2.47 bits per heavy atom. The molecule has 3 rings (SSSR count). The lowest BCUT2D eigenvalue weighted by Crippen LogP contribution is -2.29. The van der Waals surface area contributed by atoms with E-state index in [1.54, 1.807) is 0 Å². The second-order valence-electron chi connectivity index (χ2n) is 7.02. The Balaban J connectivity index is 2.09. The predicted octanol–water partition coefficient (Wildman–Crippen LogP) is 2.77. The Labute approximate surface area is 102 Å². The summed E-state index contributed by atoms with van der Waals surface area (Å²) in [6.07, 6.45) is 3.65. The SMILES string of the molecule is CC1C(=O)C=C2C1CC(C)(C)C(=O)C1CC21C.